The molecule has 3 rings (SSSR count). The average molecular weight is 329 g/mol. The van der Waals surface area contributed by atoms with Gasteiger partial charge in [0, 0.05) is 17.0 Å². The number of hydrogen-bond acceptors (Lipinski definition) is 5. The molecule has 2 N–H and O–H groups in total. The summed E-state index contributed by atoms with van der Waals surface area (Å²) < 4.78 is 5.24. The number of methoxy groups -OCH3 is 1. The molecule has 0 bridgehead atoms. The number of rotatable bonds is 4. The summed E-state index contributed by atoms with van der Waals surface area (Å²) in [5, 5.41) is 21.1. The first-order chi connectivity index (χ1) is 11.0. The number of hydrogen-bond donors (Lipinski definition) is 2. The van der Waals surface area contributed by atoms with Gasteiger partial charge in [0.25, 0.3) is 0 Å². The van der Waals surface area contributed by atoms with Gasteiger partial charge in [0.1, 0.15) is 22.4 Å². The van der Waals surface area contributed by atoms with Crippen LogP contribution in [0.5, 0.6) is 5.75 Å². The highest BCUT2D eigenvalue weighted by molar-refractivity contribution is 7.11. The van der Waals surface area contributed by atoms with Crippen LogP contribution in [0, 0.1) is 5.41 Å². The maximum absolute atomic E-state index is 10.2. The third-order valence-electron chi connectivity index (χ3n) is 3.84. The Hall–Kier alpha value is -2.34. The van der Waals surface area contributed by atoms with Crippen LogP contribution in [0.3, 0.4) is 0 Å². The van der Waals surface area contributed by atoms with Crippen LogP contribution < -0.4 is 4.74 Å². The van der Waals surface area contributed by atoms with Gasteiger partial charge in [-0.15, -0.1) is 11.3 Å². The Balaban J connectivity index is 1.93. The summed E-state index contributed by atoms with van der Waals surface area (Å²) in [4.78, 5) is 6.47. The Bertz CT molecular complexity index is 780. The Kier molecular flexibility index (Phi) is 4.09. The van der Waals surface area contributed by atoms with Gasteiger partial charge in [-0.2, -0.15) is 0 Å². The van der Waals surface area contributed by atoms with E-state index in [2.05, 4.69) is 4.98 Å². The van der Waals surface area contributed by atoms with Crippen LogP contribution in [0.15, 0.2) is 35.4 Å². The minimum atomic E-state index is 0.167. The minimum Gasteiger partial charge on any atom is -0.510 e. The number of aliphatic hydroxyl groups excluding tert-OH is 1. The van der Waals surface area contributed by atoms with Crippen molar-refractivity contribution < 1.29 is 9.84 Å². The van der Waals surface area contributed by atoms with E-state index in [-0.39, 0.29) is 11.8 Å². The third-order valence-corrected chi connectivity index (χ3v) is 4.70. The number of amidine groups is 1. The molecule has 1 aliphatic heterocycles. The monoisotopic (exact) mass is 329 g/mol. The summed E-state index contributed by atoms with van der Waals surface area (Å²) >= 11 is 1.44. The number of thiazole rings is 1. The van der Waals surface area contributed by atoms with Crippen molar-refractivity contribution in [3.63, 3.8) is 0 Å². The molecular weight excluding hydrogens is 310 g/mol. The van der Waals surface area contributed by atoms with Gasteiger partial charge in [0.2, 0.25) is 0 Å². The number of nitrogens with one attached hydrogen (secondary N) is 1. The molecule has 1 aliphatic rings. The fourth-order valence-electron chi connectivity index (χ4n) is 2.57. The molecule has 0 atom stereocenters. The van der Waals surface area contributed by atoms with E-state index in [1.807, 2.05) is 48.4 Å². The first kappa shape index (κ1) is 15.6. The van der Waals surface area contributed by atoms with Crippen molar-refractivity contribution >= 4 is 22.7 Å². The molecule has 1 aromatic carbocycles. The van der Waals surface area contributed by atoms with E-state index < -0.39 is 0 Å². The summed E-state index contributed by atoms with van der Waals surface area (Å²) in [6.07, 6.45) is 0. The zero-order valence-corrected chi connectivity index (χ0v) is 14.1. The van der Waals surface area contributed by atoms with Crippen molar-refractivity contribution in [1.82, 2.24) is 9.88 Å². The van der Waals surface area contributed by atoms with Crippen molar-refractivity contribution in [2.75, 3.05) is 13.7 Å². The molecule has 0 amide bonds. The zero-order chi connectivity index (χ0) is 16.6. The molecule has 2 aromatic rings. The lowest BCUT2D eigenvalue weighted by atomic mass is 10.1. The Morgan fingerprint density at radius 2 is 2.17 bits per heavy atom. The van der Waals surface area contributed by atoms with Crippen LogP contribution >= 0.6 is 11.3 Å². The lowest BCUT2D eigenvalue weighted by molar-refractivity contribution is 0.318. The molecule has 0 saturated heterocycles. The van der Waals surface area contributed by atoms with Crippen LogP contribution in [0.4, 0.5) is 0 Å². The molecule has 23 heavy (non-hydrogen) atoms. The first-order valence-corrected chi connectivity index (χ1v) is 8.27. The molecular formula is C17H19N3O2S. The van der Waals surface area contributed by atoms with Crippen LogP contribution in [0.1, 0.15) is 18.9 Å². The largest absolute Gasteiger partial charge is 0.510 e. The normalized spacial score (nSPS) is 15.0. The van der Waals surface area contributed by atoms with Gasteiger partial charge < -0.3 is 14.7 Å². The predicted molar refractivity (Wildman–Crippen MR) is 93.2 cm³/mol. The molecule has 5 nitrogen and oxygen atoms in total. The van der Waals surface area contributed by atoms with E-state index in [1.54, 1.807) is 7.11 Å². The summed E-state index contributed by atoms with van der Waals surface area (Å²) in [6, 6.07) is 7.86. The SMILES string of the molecule is COc1cccc(-c2csc(C3=C(O)CN(C(C)C)C3=N)n2)c1. The maximum Gasteiger partial charge on any atom is 0.135 e. The topological polar surface area (TPSA) is 69.4 Å². The first-order valence-electron chi connectivity index (χ1n) is 7.39. The molecule has 0 radical (unpaired) electrons. The molecule has 0 unspecified atom stereocenters. The van der Waals surface area contributed by atoms with E-state index in [9.17, 15) is 5.11 Å². The van der Waals surface area contributed by atoms with E-state index >= 15 is 0 Å². The van der Waals surface area contributed by atoms with E-state index in [1.165, 1.54) is 11.3 Å². The average Bonchev–Trinajstić information content (AvgIpc) is 3.12. The van der Waals surface area contributed by atoms with Crippen molar-refractivity contribution in [2.24, 2.45) is 0 Å². The van der Waals surface area contributed by atoms with Crippen LogP contribution in [-0.4, -0.2) is 40.5 Å². The Morgan fingerprint density at radius 1 is 1.39 bits per heavy atom. The summed E-state index contributed by atoms with van der Waals surface area (Å²) in [5.74, 6) is 1.33. The minimum absolute atomic E-state index is 0.167. The second-order valence-electron chi connectivity index (χ2n) is 5.66. The standard InChI is InChI=1S/C17H19N3O2S/c1-10(2)20-8-14(21)15(16(20)18)17-19-13(9-23-17)11-5-4-6-12(7-11)22-3/h4-7,9-10,18,21H,8H2,1-3H3. The highest BCUT2D eigenvalue weighted by Gasteiger charge is 2.31. The maximum atomic E-state index is 10.2. The molecule has 0 fully saturated rings. The smallest absolute Gasteiger partial charge is 0.135 e. The number of ether oxygens (including phenoxy) is 1. The number of nitrogens with zero attached hydrogens (tertiary/aromatic N) is 2. The lowest BCUT2D eigenvalue weighted by Gasteiger charge is -2.22. The second-order valence-corrected chi connectivity index (χ2v) is 6.52. The van der Waals surface area contributed by atoms with Gasteiger partial charge in [-0.25, -0.2) is 4.98 Å². The quantitative estimate of drug-likeness (QED) is 0.895. The fraction of sp³-hybridized carbons (Fsp3) is 0.294. The van der Waals surface area contributed by atoms with Gasteiger partial charge in [-0.3, -0.25) is 5.41 Å². The summed E-state index contributed by atoms with van der Waals surface area (Å²) in [7, 11) is 1.63. The highest BCUT2D eigenvalue weighted by atomic mass is 32.1. The fourth-order valence-corrected chi connectivity index (χ4v) is 3.46. The summed E-state index contributed by atoms with van der Waals surface area (Å²) in [5.41, 5.74) is 2.31. The van der Waals surface area contributed by atoms with Crippen molar-refractivity contribution in [2.45, 2.75) is 19.9 Å². The van der Waals surface area contributed by atoms with Gasteiger partial charge in [-0.05, 0) is 26.0 Å². The van der Waals surface area contributed by atoms with E-state index in [0.717, 1.165) is 17.0 Å². The van der Waals surface area contributed by atoms with Crippen LogP contribution in [0.25, 0.3) is 16.8 Å². The van der Waals surface area contributed by atoms with Crippen molar-refractivity contribution in [1.29, 1.82) is 5.41 Å². The van der Waals surface area contributed by atoms with Gasteiger partial charge >= 0.3 is 0 Å². The van der Waals surface area contributed by atoms with E-state index in [0.29, 0.717) is 23.0 Å². The van der Waals surface area contributed by atoms with E-state index in [4.69, 9.17) is 10.1 Å². The van der Waals surface area contributed by atoms with Gasteiger partial charge in [-0.1, -0.05) is 12.1 Å². The summed E-state index contributed by atoms with van der Waals surface area (Å²) in [6.45, 7) is 4.39. The van der Waals surface area contributed by atoms with Crippen molar-refractivity contribution in [3.8, 4) is 17.0 Å². The molecule has 6 heteroatoms. The molecule has 120 valence electrons. The predicted octanol–water partition coefficient (Wildman–Crippen LogP) is 3.79. The Labute approximate surface area is 139 Å². The van der Waals surface area contributed by atoms with Gasteiger partial charge in [0.15, 0.2) is 0 Å². The Morgan fingerprint density at radius 3 is 2.83 bits per heavy atom. The highest BCUT2D eigenvalue weighted by Crippen LogP contribution is 2.33. The molecule has 0 spiro atoms. The number of aromatic nitrogens is 1. The molecule has 0 aliphatic carbocycles. The molecule has 2 heterocycles. The second kappa shape index (κ2) is 6.04. The zero-order valence-electron chi connectivity index (χ0n) is 13.3. The number of benzene rings is 1. The van der Waals surface area contributed by atoms with Crippen LogP contribution in [0.2, 0.25) is 0 Å². The lowest BCUT2D eigenvalue weighted by Crippen LogP contribution is -2.33. The molecule has 0 saturated carbocycles. The van der Waals surface area contributed by atoms with Crippen molar-refractivity contribution in [3.05, 3.63) is 40.4 Å². The molecule has 1 aromatic heterocycles. The van der Waals surface area contributed by atoms with Gasteiger partial charge in [0.05, 0.1) is 24.9 Å². The third kappa shape index (κ3) is 2.82. The van der Waals surface area contributed by atoms with Crippen LogP contribution in [-0.2, 0) is 0 Å². The number of aliphatic hydroxyl groups is 1.